The molecular formula is C14H26N2O3S. The first kappa shape index (κ1) is 15.8. The van der Waals surface area contributed by atoms with Gasteiger partial charge in [-0.15, -0.1) is 0 Å². The van der Waals surface area contributed by atoms with Crippen LogP contribution >= 0.6 is 0 Å². The minimum Gasteiger partial charge on any atom is -0.352 e. The lowest BCUT2D eigenvalue weighted by Gasteiger charge is -2.34. The van der Waals surface area contributed by atoms with Crippen LogP contribution in [0.4, 0.5) is 0 Å². The van der Waals surface area contributed by atoms with E-state index in [9.17, 15) is 13.2 Å². The van der Waals surface area contributed by atoms with Gasteiger partial charge >= 0.3 is 0 Å². The molecule has 2 aliphatic rings. The van der Waals surface area contributed by atoms with Crippen LogP contribution in [0.1, 0.15) is 33.1 Å². The molecule has 0 bridgehead atoms. The molecule has 2 rings (SSSR count). The van der Waals surface area contributed by atoms with Crippen molar-refractivity contribution in [2.75, 3.05) is 31.1 Å². The van der Waals surface area contributed by atoms with Crippen LogP contribution in [-0.2, 0) is 14.6 Å². The average Bonchev–Trinajstić information content (AvgIpc) is 2.69. The molecule has 20 heavy (non-hydrogen) atoms. The number of amides is 1. The monoisotopic (exact) mass is 302 g/mol. The Morgan fingerprint density at radius 3 is 2.70 bits per heavy atom. The Labute approximate surface area is 122 Å². The van der Waals surface area contributed by atoms with Gasteiger partial charge in [-0.1, -0.05) is 13.8 Å². The fourth-order valence-corrected chi connectivity index (χ4v) is 4.94. The molecule has 1 amide bonds. The number of nitrogens with one attached hydrogen (secondary N) is 1. The second-order valence-electron chi connectivity index (χ2n) is 6.53. The molecule has 2 heterocycles. The maximum Gasteiger partial charge on any atom is 0.222 e. The van der Waals surface area contributed by atoms with E-state index in [1.807, 2.05) is 13.8 Å². The highest BCUT2D eigenvalue weighted by Gasteiger charge is 2.31. The van der Waals surface area contributed by atoms with Gasteiger partial charge in [-0.3, -0.25) is 4.79 Å². The predicted octanol–water partition coefficient (Wildman–Crippen LogP) is 0.658. The summed E-state index contributed by atoms with van der Waals surface area (Å²) in [6, 6.07) is 0.219. The van der Waals surface area contributed by atoms with E-state index in [1.54, 1.807) is 0 Å². The fourth-order valence-electron chi connectivity index (χ4n) is 3.09. The molecule has 2 saturated heterocycles. The summed E-state index contributed by atoms with van der Waals surface area (Å²) in [4.78, 5) is 14.1. The van der Waals surface area contributed by atoms with Crippen molar-refractivity contribution >= 4 is 15.7 Å². The summed E-state index contributed by atoms with van der Waals surface area (Å²) in [5.74, 6) is 1.09. The second-order valence-corrected chi connectivity index (χ2v) is 8.76. The van der Waals surface area contributed by atoms with Gasteiger partial charge in [-0.2, -0.15) is 0 Å². The number of hydrogen-bond acceptors (Lipinski definition) is 4. The molecule has 0 spiro atoms. The lowest BCUT2D eigenvalue weighted by molar-refractivity contribution is -0.125. The first-order chi connectivity index (χ1) is 9.35. The number of carbonyl (C=O) groups excluding carboxylic acids is 1. The molecule has 0 saturated carbocycles. The van der Waals surface area contributed by atoms with Gasteiger partial charge in [0.15, 0.2) is 9.84 Å². The average molecular weight is 302 g/mol. The number of rotatable bonds is 4. The molecule has 0 unspecified atom stereocenters. The van der Waals surface area contributed by atoms with Crippen molar-refractivity contribution in [3.05, 3.63) is 0 Å². The first-order valence-electron chi connectivity index (χ1n) is 7.59. The van der Waals surface area contributed by atoms with Gasteiger partial charge in [0.05, 0.1) is 11.5 Å². The molecule has 2 atom stereocenters. The van der Waals surface area contributed by atoms with Crippen LogP contribution in [0.15, 0.2) is 0 Å². The standard InChI is InChI=1S/C14H26N2O3S/c1-11(2)14(17)15-13-4-3-6-16(9-13)8-12-5-7-20(18,19)10-12/h11-13H,3-10H2,1-2H3,(H,15,17)/t12-,13+/m0/s1. The highest BCUT2D eigenvalue weighted by molar-refractivity contribution is 7.91. The second kappa shape index (κ2) is 6.43. The Morgan fingerprint density at radius 1 is 1.35 bits per heavy atom. The fraction of sp³-hybridized carbons (Fsp3) is 0.929. The van der Waals surface area contributed by atoms with Crippen molar-refractivity contribution in [1.82, 2.24) is 10.2 Å². The summed E-state index contributed by atoms with van der Waals surface area (Å²) in [6.07, 6.45) is 2.89. The molecule has 5 nitrogen and oxygen atoms in total. The van der Waals surface area contributed by atoms with Crippen LogP contribution in [-0.4, -0.2) is 56.4 Å². The van der Waals surface area contributed by atoms with E-state index in [-0.39, 0.29) is 23.8 Å². The van der Waals surface area contributed by atoms with Crippen LogP contribution in [0.5, 0.6) is 0 Å². The third-order valence-electron chi connectivity index (χ3n) is 4.22. The molecule has 1 N–H and O–H groups in total. The van der Waals surface area contributed by atoms with E-state index in [4.69, 9.17) is 0 Å². The Morgan fingerprint density at radius 2 is 2.10 bits per heavy atom. The smallest absolute Gasteiger partial charge is 0.222 e. The summed E-state index contributed by atoms with van der Waals surface area (Å²) in [5.41, 5.74) is 0. The lowest BCUT2D eigenvalue weighted by Crippen LogP contribution is -2.49. The molecule has 0 aliphatic carbocycles. The Hall–Kier alpha value is -0.620. The zero-order valence-electron chi connectivity index (χ0n) is 12.5. The van der Waals surface area contributed by atoms with Crippen LogP contribution in [0.3, 0.4) is 0 Å². The van der Waals surface area contributed by atoms with Gasteiger partial charge < -0.3 is 10.2 Å². The van der Waals surface area contributed by atoms with Gasteiger partial charge in [-0.25, -0.2) is 8.42 Å². The third-order valence-corrected chi connectivity index (χ3v) is 6.06. The topological polar surface area (TPSA) is 66.5 Å². The van der Waals surface area contributed by atoms with E-state index in [0.29, 0.717) is 11.5 Å². The molecule has 6 heteroatoms. The summed E-state index contributed by atoms with van der Waals surface area (Å²) in [5, 5.41) is 3.09. The first-order valence-corrected chi connectivity index (χ1v) is 9.41. The summed E-state index contributed by atoms with van der Waals surface area (Å²) < 4.78 is 23.0. The van der Waals surface area contributed by atoms with Crippen molar-refractivity contribution in [3.8, 4) is 0 Å². The Balaban J connectivity index is 1.80. The minimum absolute atomic E-state index is 0.0188. The minimum atomic E-state index is -2.79. The van der Waals surface area contributed by atoms with Crippen LogP contribution in [0.2, 0.25) is 0 Å². The highest BCUT2D eigenvalue weighted by Crippen LogP contribution is 2.21. The number of hydrogen-bond donors (Lipinski definition) is 1. The molecule has 0 aromatic heterocycles. The summed E-state index contributed by atoms with van der Waals surface area (Å²) >= 11 is 0. The summed E-state index contributed by atoms with van der Waals surface area (Å²) in [7, 11) is -2.79. The predicted molar refractivity (Wildman–Crippen MR) is 79.2 cm³/mol. The van der Waals surface area contributed by atoms with E-state index in [0.717, 1.165) is 38.9 Å². The molecule has 0 radical (unpaired) electrons. The number of piperidine rings is 1. The number of sulfone groups is 1. The van der Waals surface area contributed by atoms with Crippen molar-refractivity contribution in [3.63, 3.8) is 0 Å². The molecule has 0 aromatic rings. The SMILES string of the molecule is CC(C)C(=O)N[C@@H]1CCCN(C[C@@H]2CCS(=O)(=O)C2)C1. The van der Waals surface area contributed by atoms with Gasteiger partial charge in [0.25, 0.3) is 0 Å². The van der Waals surface area contributed by atoms with Crippen molar-refractivity contribution in [1.29, 1.82) is 0 Å². The maximum atomic E-state index is 11.7. The number of carbonyl (C=O) groups is 1. The molecule has 116 valence electrons. The highest BCUT2D eigenvalue weighted by atomic mass is 32.2. The van der Waals surface area contributed by atoms with Crippen molar-refractivity contribution in [2.45, 2.75) is 39.2 Å². The van der Waals surface area contributed by atoms with E-state index in [2.05, 4.69) is 10.2 Å². The van der Waals surface area contributed by atoms with Gasteiger partial charge in [-0.05, 0) is 31.7 Å². The molecular weight excluding hydrogens is 276 g/mol. The Kier molecular flexibility index (Phi) is 5.07. The van der Waals surface area contributed by atoms with E-state index in [1.165, 1.54) is 0 Å². The summed E-state index contributed by atoms with van der Waals surface area (Å²) in [6.45, 7) is 6.53. The Bertz CT molecular complexity index is 447. The van der Waals surface area contributed by atoms with Crippen LogP contribution in [0, 0.1) is 11.8 Å². The van der Waals surface area contributed by atoms with E-state index < -0.39 is 9.84 Å². The van der Waals surface area contributed by atoms with Gasteiger partial charge in [0.2, 0.25) is 5.91 Å². The lowest BCUT2D eigenvalue weighted by atomic mass is 10.0. The van der Waals surface area contributed by atoms with Crippen molar-refractivity contribution < 1.29 is 13.2 Å². The number of nitrogens with zero attached hydrogens (tertiary/aromatic N) is 1. The maximum absolute atomic E-state index is 11.7. The largest absolute Gasteiger partial charge is 0.352 e. The molecule has 2 fully saturated rings. The number of likely N-dealkylation sites (tertiary alicyclic amines) is 1. The van der Waals surface area contributed by atoms with Gasteiger partial charge in [0.1, 0.15) is 0 Å². The zero-order chi connectivity index (χ0) is 14.8. The van der Waals surface area contributed by atoms with Crippen LogP contribution in [0.25, 0.3) is 0 Å². The zero-order valence-corrected chi connectivity index (χ0v) is 13.3. The molecule has 0 aromatic carbocycles. The normalized spacial score (nSPS) is 30.6. The van der Waals surface area contributed by atoms with Gasteiger partial charge in [0, 0.05) is 25.0 Å². The van der Waals surface area contributed by atoms with Crippen LogP contribution < -0.4 is 5.32 Å². The quantitative estimate of drug-likeness (QED) is 0.828. The third kappa shape index (κ3) is 4.45. The molecule has 2 aliphatic heterocycles. The van der Waals surface area contributed by atoms with Crippen molar-refractivity contribution in [2.24, 2.45) is 11.8 Å². The van der Waals surface area contributed by atoms with E-state index >= 15 is 0 Å².